The second-order valence-electron chi connectivity index (χ2n) is 8.54. The Morgan fingerprint density at radius 3 is 2.39 bits per heavy atom. The van der Waals surface area contributed by atoms with Gasteiger partial charge in [0.1, 0.15) is 0 Å². The van der Waals surface area contributed by atoms with Gasteiger partial charge in [-0.2, -0.15) is 5.10 Å². The number of hydrazone groups is 1. The average Bonchev–Trinajstić information content (AvgIpc) is 3.25. The van der Waals surface area contributed by atoms with Crippen molar-refractivity contribution in [2.75, 3.05) is 20.2 Å². The molecule has 2 rings (SSSR count). The summed E-state index contributed by atoms with van der Waals surface area (Å²) < 4.78 is 5.61. The fourth-order valence-electron chi connectivity index (χ4n) is 4.41. The van der Waals surface area contributed by atoms with Crippen molar-refractivity contribution in [3.8, 4) is 0 Å². The van der Waals surface area contributed by atoms with Crippen LogP contribution in [0.4, 0.5) is 4.79 Å². The highest BCUT2D eigenvalue weighted by molar-refractivity contribution is 5.83. The minimum absolute atomic E-state index is 0.0197. The van der Waals surface area contributed by atoms with E-state index in [0.29, 0.717) is 25.5 Å². The Morgan fingerprint density at radius 1 is 1.03 bits per heavy atom. The molecule has 0 aromatic rings. The van der Waals surface area contributed by atoms with Gasteiger partial charge in [-0.15, -0.1) is 0 Å². The first-order valence-corrected chi connectivity index (χ1v) is 11.7. The van der Waals surface area contributed by atoms with E-state index in [-0.39, 0.29) is 41.8 Å². The van der Waals surface area contributed by atoms with Gasteiger partial charge in [0.2, 0.25) is 11.8 Å². The Balaban J connectivity index is 1.64. The van der Waals surface area contributed by atoms with E-state index in [9.17, 15) is 14.4 Å². The van der Waals surface area contributed by atoms with Gasteiger partial charge in [-0.1, -0.05) is 6.92 Å². The van der Waals surface area contributed by atoms with Crippen LogP contribution in [-0.2, 0) is 14.3 Å². The lowest BCUT2D eigenvalue weighted by atomic mass is 9.81. The first-order valence-electron chi connectivity index (χ1n) is 11.7. The molecule has 9 nitrogen and oxygen atoms in total. The molecule has 9 heteroatoms. The zero-order valence-corrected chi connectivity index (χ0v) is 19.1. The summed E-state index contributed by atoms with van der Waals surface area (Å²) in [5.74, 6) is 0.588. The number of urea groups is 1. The lowest BCUT2D eigenvalue weighted by Crippen LogP contribution is -2.41. The quantitative estimate of drug-likeness (QED) is 0.308. The Bertz CT molecular complexity index is 619. The summed E-state index contributed by atoms with van der Waals surface area (Å²) in [5, 5.41) is 12.5. The number of hydrogen-bond acceptors (Lipinski definition) is 5. The second kappa shape index (κ2) is 13.3. The summed E-state index contributed by atoms with van der Waals surface area (Å²) in [6, 6.07) is -0.583. The van der Waals surface area contributed by atoms with Crippen LogP contribution < -0.4 is 21.4 Å². The molecule has 0 aliphatic heterocycles. The molecule has 0 radical (unpaired) electrons. The Morgan fingerprint density at radius 2 is 1.74 bits per heavy atom. The van der Waals surface area contributed by atoms with E-state index in [1.54, 1.807) is 13.3 Å². The van der Waals surface area contributed by atoms with Crippen LogP contribution in [0.25, 0.3) is 0 Å². The number of rotatable bonds is 10. The van der Waals surface area contributed by atoms with E-state index < -0.39 is 0 Å². The normalized spacial score (nSPS) is 26.9. The highest BCUT2D eigenvalue weighted by atomic mass is 16.5. The molecule has 0 heterocycles. The van der Waals surface area contributed by atoms with Crippen LogP contribution >= 0.6 is 0 Å². The first-order chi connectivity index (χ1) is 15.0. The second-order valence-corrected chi connectivity index (χ2v) is 8.54. The van der Waals surface area contributed by atoms with Gasteiger partial charge in [0.25, 0.3) is 0 Å². The zero-order chi connectivity index (χ0) is 22.6. The number of carbonyl (C=O) groups excluding carboxylic acids is 3. The predicted molar refractivity (Wildman–Crippen MR) is 120 cm³/mol. The fraction of sp³-hybridized carbons (Fsp3) is 0.818. The topological polar surface area (TPSA) is 121 Å². The SMILES string of the molecule is CCO[C@H]1CC[C@H](C(=O)N[C@H](/C=N\NC(=O)NCC2CCC(C(=O)NC)CC2)CC)C1. The van der Waals surface area contributed by atoms with Gasteiger partial charge < -0.3 is 20.7 Å². The summed E-state index contributed by atoms with van der Waals surface area (Å²) in [7, 11) is 1.67. The highest BCUT2D eigenvalue weighted by Crippen LogP contribution is 2.29. The molecule has 4 amide bonds. The van der Waals surface area contributed by atoms with Crippen molar-refractivity contribution in [3.05, 3.63) is 0 Å². The van der Waals surface area contributed by atoms with Crippen molar-refractivity contribution >= 4 is 24.1 Å². The molecule has 4 N–H and O–H groups in total. The number of nitrogens with one attached hydrogen (secondary N) is 4. The van der Waals surface area contributed by atoms with Crippen molar-refractivity contribution in [3.63, 3.8) is 0 Å². The summed E-state index contributed by atoms with van der Waals surface area (Å²) in [6.07, 6.45) is 8.54. The summed E-state index contributed by atoms with van der Waals surface area (Å²) >= 11 is 0. The molecule has 0 bridgehead atoms. The summed E-state index contributed by atoms with van der Waals surface area (Å²) in [4.78, 5) is 36.2. The van der Waals surface area contributed by atoms with Crippen molar-refractivity contribution in [2.24, 2.45) is 22.9 Å². The molecule has 0 spiro atoms. The lowest BCUT2D eigenvalue weighted by Gasteiger charge is -2.27. The van der Waals surface area contributed by atoms with Gasteiger partial charge in [0.15, 0.2) is 0 Å². The Hall–Kier alpha value is -2.16. The van der Waals surface area contributed by atoms with Crippen LogP contribution in [0, 0.1) is 17.8 Å². The molecule has 2 saturated carbocycles. The lowest BCUT2D eigenvalue weighted by molar-refractivity contribution is -0.126. The molecule has 3 atom stereocenters. The molecule has 176 valence electrons. The first kappa shape index (κ1) is 25.1. The monoisotopic (exact) mass is 437 g/mol. The molecule has 2 aliphatic rings. The summed E-state index contributed by atoms with van der Waals surface area (Å²) in [6.45, 7) is 5.18. The minimum atomic E-state index is -0.360. The van der Waals surface area contributed by atoms with Crippen LogP contribution in [0.5, 0.6) is 0 Å². The third-order valence-corrected chi connectivity index (χ3v) is 6.36. The molecule has 0 aromatic carbocycles. The smallest absolute Gasteiger partial charge is 0.335 e. The number of carbonyl (C=O) groups is 3. The standard InChI is InChI=1S/C22H39N5O4/c1-4-18(26-21(29)17-10-11-19(12-17)31-5-2)14-25-27-22(30)24-13-15-6-8-16(9-7-15)20(28)23-3/h14-19H,4-13H2,1-3H3,(H,23,28)(H,26,29)(H2,24,27,30)/b25-14-/t15?,16?,17-,18-,19-/m0/s1. The molecular weight excluding hydrogens is 398 g/mol. The molecule has 0 saturated heterocycles. The maximum absolute atomic E-state index is 12.5. The number of ether oxygens (including phenoxy) is 1. The van der Waals surface area contributed by atoms with E-state index in [0.717, 1.165) is 44.9 Å². The molecule has 2 fully saturated rings. The van der Waals surface area contributed by atoms with Crippen LogP contribution in [0.3, 0.4) is 0 Å². The molecule has 0 aromatic heterocycles. The maximum Gasteiger partial charge on any atom is 0.335 e. The third kappa shape index (κ3) is 8.47. The van der Waals surface area contributed by atoms with Crippen molar-refractivity contribution < 1.29 is 19.1 Å². The van der Waals surface area contributed by atoms with Crippen molar-refractivity contribution in [1.82, 2.24) is 21.4 Å². The summed E-state index contributed by atoms with van der Waals surface area (Å²) in [5.41, 5.74) is 2.47. The Labute approximate surface area is 185 Å². The predicted octanol–water partition coefficient (Wildman–Crippen LogP) is 1.92. The van der Waals surface area contributed by atoms with Crippen LogP contribution in [-0.4, -0.2) is 56.4 Å². The average molecular weight is 438 g/mol. The number of hydrogen-bond donors (Lipinski definition) is 4. The van der Waals surface area contributed by atoms with E-state index >= 15 is 0 Å². The van der Waals surface area contributed by atoms with Crippen LogP contribution in [0.1, 0.15) is 65.2 Å². The van der Waals surface area contributed by atoms with E-state index in [1.165, 1.54) is 0 Å². The fourth-order valence-corrected chi connectivity index (χ4v) is 4.41. The van der Waals surface area contributed by atoms with Gasteiger partial charge in [-0.05, 0) is 64.2 Å². The molecule has 0 unspecified atom stereocenters. The van der Waals surface area contributed by atoms with Gasteiger partial charge >= 0.3 is 6.03 Å². The van der Waals surface area contributed by atoms with E-state index in [1.807, 2.05) is 13.8 Å². The maximum atomic E-state index is 12.5. The highest BCUT2D eigenvalue weighted by Gasteiger charge is 2.31. The molecular formula is C22H39N5O4. The van der Waals surface area contributed by atoms with Gasteiger partial charge in [-0.25, -0.2) is 10.2 Å². The van der Waals surface area contributed by atoms with E-state index in [2.05, 4.69) is 26.5 Å². The van der Waals surface area contributed by atoms with Crippen LogP contribution in [0.15, 0.2) is 5.10 Å². The number of amides is 4. The number of nitrogens with zero attached hydrogens (tertiary/aromatic N) is 1. The third-order valence-electron chi connectivity index (χ3n) is 6.36. The van der Waals surface area contributed by atoms with Gasteiger partial charge in [-0.3, -0.25) is 9.59 Å². The minimum Gasteiger partial charge on any atom is -0.378 e. The largest absolute Gasteiger partial charge is 0.378 e. The van der Waals surface area contributed by atoms with Gasteiger partial charge in [0.05, 0.1) is 12.1 Å². The molecule has 2 aliphatic carbocycles. The van der Waals surface area contributed by atoms with Gasteiger partial charge in [0, 0.05) is 38.2 Å². The van der Waals surface area contributed by atoms with Crippen molar-refractivity contribution in [1.29, 1.82) is 0 Å². The van der Waals surface area contributed by atoms with Crippen molar-refractivity contribution in [2.45, 2.75) is 77.4 Å². The molecule has 31 heavy (non-hydrogen) atoms. The van der Waals surface area contributed by atoms with E-state index in [4.69, 9.17) is 4.74 Å². The Kier molecular flexibility index (Phi) is 10.8. The van der Waals surface area contributed by atoms with Crippen LogP contribution in [0.2, 0.25) is 0 Å². The zero-order valence-electron chi connectivity index (χ0n) is 19.1.